The van der Waals surface area contributed by atoms with Gasteiger partial charge in [-0.3, -0.25) is 9.59 Å². The summed E-state index contributed by atoms with van der Waals surface area (Å²) in [5, 5.41) is 3.10. The van der Waals surface area contributed by atoms with Crippen molar-refractivity contribution in [2.45, 2.75) is 33.8 Å². The third-order valence-electron chi connectivity index (χ3n) is 4.81. The molecule has 0 spiro atoms. The van der Waals surface area contributed by atoms with Crippen LogP contribution in [-0.4, -0.2) is 41.8 Å². The zero-order valence-corrected chi connectivity index (χ0v) is 19.0. The molecule has 2 N–H and O–H groups in total. The van der Waals surface area contributed by atoms with Gasteiger partial charge in [0, 0.05) is 5.69 Å². The van der Waals surface area contributed by atoms with E-state index in [1.807, 2.05) is 0 Å². The number of ketones is 1. The number of hydrogen-bond acceptors (Lipinski definition) is 8. The topological polar surface area (TPSA) is 128 Å². The van der Waals surface area contributed by atoms with Crippen LogP contribution in [0.25, 0.3) is 0 Å². The van der Waals surface area contributed by atoms with Gasteiger partial charge in [0.05, 0.1) is 29.6 Å². The number of H-pyrrole nitrogens is 1. The number of anilines is 1. The third-order valence-corrected chi connectivity index (χ3v) is 5.94. The van der Waals surface area contributed by atoms with Gasteiger partial charge in [0.2, 0.25) is 5.78 Å². The van der Waals surface area contributed by atoms with E-state index < -0.39 is 29.7 Å². The van der Waals surface area contributed by atoms with Crippen LogP contribution >= 0.6 is 11.3 Å². The Kier molecular flexibility index (Phi) is 6.64. The molecule has 168 valence electrons. The number of aryl methyl sites for hydroxylation is 2. The van der Waals surface area contributed by atoms with Gasteiger partial charge in [-0.25, -0.2) is 9.59 Å². The maximum Gasteiger partial charge on any atom is 0.349 e. The van der Waals surface area contributed by atoms with Crippen molar-refractivity contribution >= 4 is 40.0 Å². The quantitative estimate of drug-likeness (QED) is 0.404. The van der Waals surface area contributed by atoms with Gasteiger partial charge in [-0.2, -0.15) is 0 Å². The Balaban J connectivity index is 1.72. The first-order valence-corrected chi connectivity index (χ1v) is 10.4. The molecule has 0 aromatic carbocycles. The van der Waals surface area contributed by atoms with Crippen LogP contribution < -0.4 is 5.32 Å². The molecule has 1 atom stereocenters. The van der Waals surface area contributed by atoms with Gasteiger partial charge in [0.25, 0.3) is 5.91 Å². The van der Waals surface area contributed by atoms with Crippen LogP contribution in [0.4, 0.5) is 5.00 Å². The average molecular weight is 458 g/mol. The zero-order chi connectivity index (χ0) is 23.6. The highest BCUT2D eigenvalue weighted by Gasteiger charge is 2.28. The number of aromatic nitrogens is 1. The molecule has 3 aromatic heterocycles. The number of nitrogens with one attached hydrogen (secondary N) is 2. The van der Waals surface area contributed by atoms with E-state index in [1.165, 1.54) is 26.4 Å². The fourth-order valence-corrected chi connectivity index (χ4v) is 4.15. The van der Waals surface area contributed by atoms with E-state index in [4.69, 9.17) is 13.9 Å². The molecule has 1 unspecified atom stereocenters. The number of Topliss-reactive ketones (excluding diaryl/α,β-unsaturated/α-hetero) is 1. The molecular weight excluding hydrogens is 436 g/mol. The summed E-state index contributed by atoms with van der Waals surface area (Å²) in [6.45, 7) is 6.43. The lowest BCUT2D eigenvalue weighted by Crippen LogP contribution is -2.25. The van der Waals surface area contributed by atoms with Crippen molar-refractivity contribution in [3.05, 3.63) is 63.2 Å². The highest BCUT2D eigenvalue weighted by molar-refractivity contribution is 7.18. The van der Waals surface area contributed by atoms with E-state index in [0.717, 1.165) is 11.3 Å². The van der Waals surface area contributed by atoms with Crippen molar-refractivity contribution < 1.29 is 33.1 Å². The molecule has 0 aliphatic heterocycles. The molecule has 3 rings (SSSR count). The molecule has 10 heteroatoms. The number of carbonyl (C=O) groups is 4. The number of methoxy groups -OCH3 is 1. The van der Waals surface area contributed by atoms with Crippen molar-refractivity contribution in [3.8, 4) is 0 Å². The largest absolute Gasteiger partial charge is 0.465 e. The zero-order valence-electron chi connectivity index (χ0n) is 18.2. The Bertz CT molecular complexity index is 1190. The molecule has 0 saturated heterocycles. The van der Waals surface area contributed by atoms with Crippen LogP contribution in [0.5, 0.6) is 0 Å². The lowest BCUT2D eigenvalue weighted by molar-refractivity contribution is 0.0321. The summed E-state index contributed by atoms with van der Waals surface area (Å²) < 4.78 is 15.2. The number of furan rings is 1. The Morgan fingerprint density at radius 3 is 2.50 bits per heavy atom. The fraction of sp³-hybridized carbons (Fsp3) is 0.273. The van der Waals surface area contributed by atoms with Crippen molar-refractivity contribution in [3.63, 3.8) is 0 Å². The molecule has 9 nitrogen and oxygen atoms in total. The Hall–Kier alpha value is -3.66. The predicted molar refractivity (Wildman–Crippen MR) is 117 cm³/mol. The van der Waals surface area contributed by atoms with Gasteiger partial charge in [-0.05, 0) is 57.0 Å². The minimum absolute atomic E-state index is 0.141. The maximum absolute atomic E-state index is 12.9. The van der Waals surface area contributed by atoms with Crippen molar-refractivity contribution in [2.24, 2.45) is 0 Å². The van der Waals surface area contributed by atoms with Crippen molar-refractivity contribution in [2.75, 3.05) is 12.4 Å². The number of thiophene rings is 1. The van der Waals surface area contributed by atoms with Crippen LogP contribution in [0, 0.1) is 20.8 Å². The number of carbonyl (C=O) groups excluding carboxylic acids is 4. The average Bonchev–Trinajstić information content (AvgIpc) is 3.46. The second-order valence-corrected chi connectivity index (χ2v) is 8.13. The molecule has 0 bridgehead atoms. The molecule has 3 aromatic rings. The van der Waals surface area contributed by atoms with E-state index in [-0.39, 0.29) is 21.9 Å². The van der Waals surface area contributed by atoms with Crippen LogP contribution in [-0.2, 0) is 9.47 Å². The minimum Gasteiger partial charge on any atom is -0.465 e. The highest BCUT2D eigenvalue weighted by atomic mass is 32.1. The van der Waals surface area contributed by atoms with E-state index >= 15 is 0 Å². The maximum atomic E-state index is 12.9. The summed E-state index contributed by atoms with van der Waals surface area (Å²) in [6.07, 6.45) is 0.282. The standard InChI is InChI=1S/C22H22N2O7S/c1-10-9-15(24-20(26)14-7-6-8-30-14)32-19(10)22(28)31-13(4)18(25)17-11(2)16(12(3)23-17)21(27)29-5/h6-9,13,23H,1-5H3,(H,24,26). The summed E-state index contributed by atoms with van der Waals surface area (Å²) in [5.41, 5.74) is 1.96. The fourth-order valence-electron chi connectivity index (χ4n) is 3.20. The van der Waals surface area contributed by atoms with Gasteiger partial charge in [-0.1, -0.05) is 0 Å². The molecule has 3 heterocycles. The van der Waals surface area contributed by atoms with Crippen LogP contribution in [0.15, 0.2) is 28.9 Å². The minimum atomic E-state index is -1.10. The normalized spacial score (nSPS) is 11.7. The predicted octanol–water partition coefficient (Wildman–Crippen LogP) is 4.06. The first kappa shape index (κ1) is 23.0. The second kappa shape index (κ2) is 9.23. The molecule has 0 fully saturated rings. The summed E-state index contributed by atoms with van der Waals surface area (Å²) in [5.74, 6) is -2.03. The number of hydrogen-bond donors (Lipinski definition) is 2. The molecule has 1 amide bonds. The van der Waals surface area contributed by atoms with Gasteiger partial charge in [0.1, 0.15) is 4.88 Å². The first-order chi connectivity index (χ1) is 15.1. The molecule has 32 heavy (non-hydrogen) atoms. The molecular formula is C22H22N2O7S. The van der Waals surface area contributed by atoms with Crippen molar-refractivity contribution in [1.29, 1.82) is 0 Å². The summed E-state index contributed by atoms with van der Waals surface area (Å²) in [4.78, 5) is 52.7. The Morgan fingerprint density at radius 1 is 1.16 bits per heavy atom. The van der Waals surface area contributed by atoms with Gasteiger partial charge in [0.15, 0.2) is 11.9 Å². The third kappa shape index (κ3) is 4.50. The van der Waals surface area contributed by atoms with E-state index in [0.29, 0.717) is 21.8 Å². The van der Waals surface area contributed by atoms with Crippen molar-refractivity contribution in [1.82, 2.24) is 4.98 Å². The summed E-state index contributed by atoms with van der Waals surface area (Å²) >= 11 is 1.03. The summed E-state index contributed by atoms with van der Waals surface area (Å²) in [7, 11) is 1.26. The SMILES string of the molecule is COC(=O)c1c(C)[nH]c(C(=O)C(C)OC(=O)c2sc(NC(=O)c3ccco3)cc2C)c1C. The van der Waals surface area contributed by atoms with Crippen LogP contribution in [0.2, 0.25) is 0 Å². The first-order valence-electron chi connectivity index (χ1n) is 9.62. The smallest absolute Gasteiger partial charge is 0.349 e. The molecule has 0 aliphatic rings. The number of aromatic amines is 1. The summed E-state index contributed by atoms with van der Waals surface area (Å²) in [6, 6.07) is 4.75. The highest BCUT2D eigenvalue weighted by Crippen LogP contribution is 2.29. The Morgan fingerprint density at radius 2 is 1.88 bits per heavy atom. The number of rotatable bonds is 7. The lowest BCUT2D eigenvalue weighted by atomic mass is 10.1. The van der Waals surface area contributed by atoms with E-state index in [1.54, 1.807) is 32.9 Å². The molecule has 0 aliphatic carbocycles. The van der Waals surface area contributed by atoms with Gasteiger partial charge in [-0.15, -0.1) is 11.3 Å². The van der Waals surface area contributed by atoms with Gasteiger partial charge < -0.3 is 24.2 Å². The number of ether oxygens (including phenoxy) is 2. The Labute approximate surface area is 187 Å². The lowest BCUT2D eigenvalue weighted by Gasteiger charge is -2.12. The number of esters is 2. The molecule has 0 saturated carbocycles. The number of amides is 1. The van der Waals surface area contributed by atoms with E-state index in [9.17, 15) is 19.2 Å². The second-order valence-electron chi connectivity index (χ2n) is 7.08. The monoisotopic (exact) mass is 458 g/mol. The van der Waals surface area contributed by atoms with Crippen LogP contribution in [0.1, 0.15) is 64.8 Å². The van der Waals surface area contributed by atoms with Gasteiger partial charge >= 0.3 is 11.9 Å². The van der Waals surface area contributed by atoms with E-state index in [2.05, 4.69) is 10.3 Å². The van der Waals surface area contributed by atoms with Crippen LogP contribution in [0.3, 0.4) is 0 Å². The molecule has 0 radical (unpaired) electrons.